The highest BCUT2D eigenvalue weighted by Gasteiger charge is 2.26. The lowest BCUT2D eigenvalue weighted by molar-refractivity contribution is -0.133. The first kappa shape index (κ1) is 56.4. The second kappa shape index (κ2) is 25.5. The number of carboxylic acid groups (broad SMARTS) is 2. The summed E-state index contributed by atoms with van der Waals surface area (Å²) in [5.74, 6) is -2.45. The van der Waals surface area contributed by atoms with Crippen LogP contribution in [-0.4, -0.2) is 86.0 Å². The van der Waals surface area contributed by atoms with Crippen LogP contribution in [0, 0.1) is 20.8 Å². The van der Waals surface area contributed by atoms with Gasteiger partial charge in [-0.25, -0.2) is 9.36 Å². The number of para-hydroxylation sites is 1. The minimum Gasteiger partial charge on any atom is -0.507 e. The van der Waals surface area contributed by atoms with E-state index in [1.165, 1.54) is 36.8 Å². The van der Waals surface area contributed by atoms with Crippen LogP contribution in [0.15, 0.2) is 147 Å². The Balaban J connectivity index is 0.000000246. The predicted octanol–water partition coefficient (Wildman–Crippen LogP) is 11.0. The van der Waals surface area contributed by atoms with Gasteiger partial charge in [0.25, 0.3) is 17.4 Å². The maximum atomic E-state index is 13.5. The van der Waals surface area contributed by atoms with Crippen molar-refractivity contribution in [1.29, 1.82) is 0 Å². The summed E-state index contributed by atoms with van der Waals surface area (Å²) in [6, 6.07) is 36.0. The molecule has 1 heterocycles. The second-order valence-corrected chi connectivity index (χ2v) is 19.1. The predicted molar refractivity (Wildman–Crippen MR) is 298 cm³/mol. The maximum Gasteiger partial charge on any atom is 0.337 e. The lowest BCUT2D eigenvalue weighted by Gasteiger charge is -2.16. The van der Waals surface area contributed by atoms with Gasteiger partial charge in [-0.2, -0.15) is 5.11 Å². The van der Waals surface area contributed by atoms with Gasteiger partial charge in [0.1, 0.15) is 47.5 Å². The molecule has 402 valence electrons. The average Bonchev–Trinajstić information content (AvgIpc) is 3.42. The number of fused-ring (bicyclic) bond motifs is 2. The Morgan fingerprint density at radius 3 is 1.97 bits per heavy atom. The number of aromatic carboxylic acids is 1. The Hall–Kier alpha value is -9.36. The van der Waals surface area contributed by atoms with Crippen molar-refractivity contribution >= 4 is 68.4 Å². The topological polar surface area (TPSA) is 282 Å². The minimum atomic E-state index is -1.35. The van der Waals surface area contributed by atoms with Crippen LogP contribution < -0.4 is 30.8 Å². The average molecular weight is 1080 g/mol. The van der Waals surface area contributed by atoms with Gasteiger partial charge in [-0.15, -0.1) is 16.9 Å². The zero-order valence-corrected chi connectivity index (χ0v) is 44.1. The molecule has 8 rings (SSSR count). The number of carbonyl (C=O) groups excluding carboxylic acids is 2. The zero-order valence-electron chi connectivity index (χ0n) is 43.3. The monoisotopic (exact) mass is 1080 g/mol. The SMILES string of the molecule is Cc1c(C(N)=O)c(O)n(-c2ccccc2C(=O)O)c(=O)c1N=Nc1ccc(OCCOc2cc(C(C)C)c(O)c3ccccc23)cc1.Cc1ccc(OCCCNC(=O)c2cc(SCC(=O)O)c3ccccc3c2O)c(C)c1. The standard InChI is InChI=1S/C35H32N4O8.C24H25NO5S/c1-19(2)26-18-28(23-8-4-5-9-24(23)31(26)40)47-17-16-46-22-14-12-21(13-15-22)37-38-30-20(3)29(32(36)41)33(42)39(34(30)43)27-11-7-6-10-25(27)35(44)45;1-15-8-9-20(16(2)12-15)30-11-5-10-25-24(29)19-13-21(31-14-22(26)27)17-6-3-4-7-18(17)23(19)28/h4-15,18-19,40,42H,16-17H2,1-3H3,(H2,36,41)(H,44,45);3-4,6-9,12-13,28H,5,10-11,14H2,1-2H3,(H,25,29)(H,26,27). The Kier molecular flexibility index (Phi) is 18.4. The van der Waals surface area contributed by atoms with E-state index in [0.29, 0.717) is 57.0 Å². The number of nitrogens with one attached hydrogen (secondary N) is 1. The number of carboxylic acids is 2. The van der Waals surface area contributed by atoms with Gasteiger partial charge in [0.15, 0.2) is 5.69 Å². The van der Waals surface area contributed by atoms with Crippen LogP contribution in [0.25, 0.3) is 27.2 Å². The summed E-state index contributed by atoms with van der Waals surface area (Å²) >= 11 is 1.12. The third-order valence-electron chi connectivity index (χ3n) is 12.3. The number of primary amides is 1. The van der Waals surface area contributed by atoms with E-state index in [2.05, 4.69) is 21.6 Å². The molecule has 18 nitrogen and oxygen atoms in total. The number of aromatic nitrogens is 1. The first-order chi connectivity index (χ1) is 37.4. The number of phenols is 2. The van der Waals surface area contributed by atoms with E-state index < -0.39 is 40.8 Å². The number of rotatable bonds is 20. The van der Waals surface area contributed by atoms with Gasteiger partial charge in [-0.05, 0) is 98.7 Å². The highest BCUT2D eigenvalue weighted by Crippen LogP contribution is 2.40. The quantitative estimate of drug-likeness (QED) is 0.0212. The van der Waals surface area contributed by atoms with Crippen LogP contribution in [-0.2, 0) is 4.79 Å². The van der Waals surface area contributed by atoms with Crippen molar-refractivity contribution in [1.82, 2.24) is 9.88 Å². The lowest BCUT2D eigenvalue weighted by Crippen LogP contribution is -2.25. The molecule has 0 aliphatic rings. The van der Waals surface area contributed by atoms with Gasteiger partial charge in [-0.1, -0.05) is 92.2 Å². The normalized spacial score (nSPS) is 11.1. The number of ether oxygens (including phenoxy) is 3. The third kappa shape index (κ3) is 13.2. The number of carbonyl (C=O) groups is 4. The number of nitrogens with two attached hydrogens (primary N) is 1. The number of azo groups is 1. The summed E-state index contributed by atoms with van der Waals surface area (Å²) in [6.45, 7) is 10.7. The highest BCUT2D eigenvalue weighted by atomic mass is 32.2. The molecule has 0 bridgehead atoms. The van der Waals surface area contributed by atoms with E-state index in [1.807, 2.05) is 76.2 Å². The summed E-state index contributed by atoms with van der Waals surface area (Å²) in [4.78, 5) is 61.8. The van der Waals surface area contributed by atoms with Gasteiger partial charge in [0, 0.05) is 38.7 Å². The van der Waals surface area contributed by atoms with Crippen LogP contribution in [0.5, 0.6) is 34.6 Å². The molecule has 0 saturated carbocycles. The van der Waals surface area contributed by atoms with E-state index in [4.69, 9.17) is 25.1 Å². The summed E-state index contributed by atoms with van der Waals surface area (Å²) < 4.78 is 18.3. The van der Waals surface area contributed by atoms with E-state index in [0.717, 1.165) is 39.4 Å². The van der Waals surface area contributed by atoms with Crippen LogP contribution in [0.3, 0.4) is 0 Å². The fourth-order valence-corrected chi connectivity index (χ4v) is 9.27. The molecule has 8 aromatic rings. The second-order valence-electron chi connectivity index (χ2n) is 18.1. The van der Waals surface area contributed by atoms with Crippen molar-refractivity contribution in [3.8, 4) is 40.3 Å². The summed E-state index contributed by atoms with van der Waals surface area (Å²) in [5, 5.41) is 64.5. The number of pyridine rings is 1. The van der Waals surface area contributed by atoms with Gasteiger partial charge in [0.2, 0.25) is 5.88 Å². The summed E-state index contributed by atoms with van der Waals surface area (Å²) in [7, 11) is 0. The first-order valence-electron chi connectivity index (χ1n) is 24.6. The van der Waals surface area contributed by atoms with Crippen LogP contribution >= 0.6 is 11.8 Å². The molecule has 0 fully saturated rings. The summed E-state index contributed by atoms with van der Waals surface area (Å²) in [6.07, 6.45) is 0.605. The lowest BCUT2D eigenvalue weighted by atomic mass is 9.97. The first-order valence-corrected chi connectivity index (χ1v) is 25.5. The number of hydrogen-bond donors (Lipinski definition) is 7. The van der Waals surface area contributed by atoms with Crippen LogP contribution in [0.1, 0.15) is 79.5 Å². The van der Waals surface area contributed by atoms with Gasteiger partial charge < -0.3 is 50.8 Å². The van der Waals surface area contributed by atoms with E-state index in [-0.39, 0.29) is 64.4 Å². The molecule has 7 aromatic carbocycles. The van der Waals surface area contributed by atoms with Crippen molar-refractivity contribution in [2.24, 2.45) is 16.0 Å². The van der Waals surface area contributed by atoms with E-state index >= 15 is 0 Å². The van der Waals surface area contributed by atoms with Crippen molar-refractivity contribution in [3.05, 3.63) is 177 Å². The van der Waals surface area contributed by atoms with E-state index in [9.17, 15) is 44.4 Å². The number of hydrogen-bond acceptors (Lipinski definition) is 14. The number of nitrogens with zero attached hydrogens (tertiary/aromatic N) is 3. The smallest absolute Gasteiger partial charge is 0.337 e. The number of aliphatic carboxylic acids is 1. The Bertz CT molecular complexity index is 3650. The molecule has 0 aliphatic carbocycles. The summed E-state index contributed by atoms with van der Waals surface area (Å²) in [5.41, 5.74) is 6.92. The molecule has 19 heteroatoms. The molecule has 0 spiro atoms. The van der Waals surface area contributed by atoms with Gasteiger partial charge in [-0.3, -0.25) is 19.2 Å². The molecular formula is C59H57N5O13S. The molecule has 0 atom stereocenters. The van der Waals surface area contributed by atoms with Crippen molar-refractivity contribution in [2.45, 2.75) is 51.9 Å². The number of aromatic hydroxyl groups is 3. The van der Waals surface area contributed by atoms with Crippen molar-refractivity contribution < 1.29 is 58.9 Å². The Labute approximate surface area is 452 Å². The van der Waals surface area contributed by atoms with Crippen LogP contribution in [0.4, 0.5) is 11.4 Å². The minimum absolute atomic E-state index is 0.0188. The number of phenolic OH excluding ortho intramolecular Hbond substituents is 2. The molecule has 0 aliphatic heterocycles. The molecule has 1 aromatic heterocycles. The maximum absolute atomic E-state index is 13.5. The molecule has 2 amide bonds. The highest BCUT2D eigenvalue weighted by molar-refractivity contribution is 8.00. The molecule has 78 heavy (non-hydrogen) atoms. The van der Waals surface area contributed by atoms with Gasteiger partial charge in [0.05, 0.1) is 34.9 Å². The zero-order chi connectivity index (χ0) is 56.2. The fourth-order valence-electron chi connectivity index (χ4n) is 8.45. The molecular weight excluding hydrogens is 1020 g/mol. The molecule has 8 N–H and O–H groups in total. The van der Waals surface area contributed by atoms with Crippen LogP contribution in [0.2, 0.25) is 0 Å². The van der Waals surface area contributed by atoms with E-state index in [1.54, 1.807) is 48.5 Å². The Morgan fingerprint density at radius 1 is 0.692 bits per heavy atom. The molecule has 0 radical (unpaired) electrons. The fraction of sp³-hybridized carbons (Fsp3) is 0.203. The number of amides is 2. The van der Waals surface area contributed by atoms with Crippen molar-refractivity contribution in [2.75, 3.05) is 32.1 Å². The largest absolute Gasteiger partial charge is 0.507 e. The third-order valence-corrected chi connectivity index (χ3v) is 13.3. The van der Waals surface area contributed by atoms with Crippen molar-refractivity contribution in [3.63, 3.8) is 0 Å². The number of aryl methyl sites for hydroxylation is 2. The molecule has 0 saturated heterocycles. The van der Waals surface area contributed by atoms with Gasteiger partial charge >= 0.3 is 11.9 Å². The number of benzene rings is 7. The molecule has 0 unspecified atom stereocenters. The number of thioether (sulfide) groups is 1. The Morgan fingerprint density at radius 2 is 1.32 bits per heavy atom.